The van der Waals surface area contributed by atoms with Crippen LogP contribution < -0.4 is 0 Å². The third-order valence-electron chi connectivity index (χ3n) is 3.81. The maximum absolute atomic E-state index is 12.1. The van der Waals surface area contributed by atoms with E-state index in [1.54, 1.807) is 4.31 Å². The average Bonchev–Trinajstić information content (AvgIpc) is 3.15. The molecule has 1 saturated carbocycles. The summed E-state index contributed by atoms with van der Waals surface area (Å²) in [7, 11) is -3.10. The number of nitrogens with zero attached hydrogens (tertiary/aromatic N) is 4. The molecule has 3 rings (SSSR count). The summed E-state index contributed by atoms with van der Waals surface area (Å²) in [6, 6.07) is 0. The fourth-order valence-electron chi connectivity index (χ4n) is 2.63. The van der Waals surface area contributed by atoms with E-state index in [-0.39, 0.29) is 5.75 Å². The number of rotatable bonds is 4. The molecule has 0 saturated heterocycles. The van der Waals surface area contributed by atoms with Crippen LogP contribution in [-0.2, 0) is 23.0 Å². The molecule has 0 spiro atoms. The van der Waals surface area contributed by atoms with Crippen molar-refractivity contribution in [2.45, 2.75) is 45.1 Å². The summed E-state index contributed by atoms with van der Waals surface area (Å²) in [4.78, 5) is 0. The Morgan fingerprint density at radius 2 is 2.00 bits per heavy atom. The molecule has 2 heterocycles. The first-order chi connectivity index (χ1) is 9.12. The molecule has 1 aliphatic carbocycles. The Morgan fingerprint density at radius 1 is 1.21 bits per heavy atom. The molecule has 0 aromatic carbocycles. The fraction of sp³-hybridized carbons (Fsp3) is 0.833. The predicted octanol–water partition coefficient (Wildman–Crippen LogP) is 0.753. The number of hydrogen-bond donors (Lipinski definition) is 0. The summed E-state index contributed by atoms with van der Waals surface area (Å²) in [5.41, 5.74) is 0. The van der Waals surface area contributed by atoms with Crippen molar-refractivity contribution >= 4 is 10.0 Å². The molecule has 0 unspecified atom stereocenters. The highest BCUT2D eigenvalue weighted by Gasteiger charge is 2.32. The zero-order valence-corrected chi connectivity index (χ0v) is 12.1. The lowest BCUT2D eigenvalue weighted by Gasteiger charge is -2.19. The summed E-state index contributed by atoms with van der Waals surface area (Å²) in [5.74, 6) is 2.80. The minimum Gasteiger partial charge on any atom is -0.313 e. The van der Waals surface area contributed by atoms with Crippen molar-refractivity contribution in [3.8, 4) is 0 Å². The first-order valence-electron chi connectivity index (χ1n) is 7.01. The molecule has 6 nitrogen and oxygen atoms in total. The van der Waals surface area contributed by atoms with Crippen LogP contribution in [0.4, 0.5) is 0 Å². The molecule has 1 aromatic rings. The molecule has 19 heavy (non-hydrogen) atoms. The summed E-state index contributed by atoms with van der Waals surface area (Å²) in [5, 5.41) is 8.50. The van der Waals surface area contributed by atoms with Crippen LogP contribution in [0.25, 0.3) is 0 Å². The van der Waals surface area contributed by atoms with Crippen molar-refractivity contribution in [2.24, 2.45) is 0 Å². The van der Waals surface area contributed by atoms with Crippen molar-refractivity contribution < 1.29 is 8.42 Å². The zero-order valence-electron chi connectivity index (χ0n) is 11.2. The van der Waals surface area contributed by atoms with Crippen molar-refractivity contribution in [3.63, 3.8) is 0 Å². The van der Waals surface area contributed by atoms with E-state index < -0.39 is 10.0 Å². The van der Waals surface area contributed by atoms with Gasteiger partial charge in [-0.2, -0.15) is 4.31 Å². The predicted molar refractivity (Wildman–Crippen MR) is 71.4 cm³/mol. The van der Waals surface area contributed by atoms with Crippen LogP contribution in [0.5, 0.6) is 0 Å². The van der Waals surface area contributed by atoms with Gasteiger partial charge < -0.3 is 4.57 Å². The highest BCUT2D eigenvalue weighted by atomic mass is 32.2. The lowest BCUT2D eigenvalue weighted by atomic mass is 10.3. The first kappa shape index (κ1) is 13.1. The molecule has 1 aliphatic heterocycles. The highest BCUT2D eigenvalue weighted by Crippen LogP contribution is 2.39. The summed E-state index contributed by atoms with van der Waals surface area (Å²) in [6.45, 7) is 3.67. The minimum absolute atomic E-state index is 0.239. The van der Waals surface area contributed by atoms with Gasteiger partial charge in [-0.15, -0.1) is 10.2 Å². The number of hydrogen-bond acceptors (Lipinski definition) is 4. The quantitative estimate of drug-likeness (QED) is 0.818. The summed E-state index contributed by atoms with van der Waals surface area (Å²) < 4.78 is 28.0. The van der Waals surface area contributed by atoms with E-state index >= 15 is 0 Å². The van der Waals surface area contributed by atoms with Gasteiger partial charge in [0, 0.05) is 32.0 Å². The Hall–Kier alpha value is -0.950. The van der Waals surface area contributed by atoms with Gasteiger partial charge in [-0.1, -0.05) is 6.92 Å². The van der Waals surface area contributed by atoms with Crippen LogP contribution in [0, 0.1) is 0 Å². The normalized spacial score (nSPS) is 21.1. The summed E-state index contributed by atoms with van der Waals surface area (Å²) in [6.07, 6.45) is 3.72. The lowest BCUT2D eigenvalue weighted by Crippen LogP contribution is -2.35. The Morgan fingerprint density at radius 3 is 2.68 bits per heavy atom. The van der Waals surface area contributed by atoms with E-state index in [1.165, 1.54) is 12.8 Å². The fourth-order valence-corrected chi connectivity index (χ4v) is 4.14. The van der Waals surface area contributed by atoms with Crippen LogP contribution >= 0.6 is 0 Å². The molecule has 7 heteroatoms. The molecule has 0 bridgehead atoms. The standard InChI is InChI=1S/C12H20N4O2S/c1-2-9-19(17,18)15-6-5-11-13-14-12(10-3-4-10)16(11)8-7-15/h10H,2-9H2,1H3. The van der Waals surface area contributed by atoms with E-state index in [2.05, 4.69) is 14.8 Å². The molecule has 0 radical (unpaired) electrons. The van der Waals surface area contributed by atoms with Gasteiger partial charge in [0.2, 0.25) is 10.0 Å². The molecule has 0 atom stereocenters. The summed E-state index contributed by atoms with van der Waals surface area (Å²) >= 11 is 0. The maximum atomic E-state index is 12.1. The zero-order chi connectivity index (χ0) is 13.5. The van der Waals surface area contributed by atoms with Gasteiger partial charge in [-0.05, 0) is 19.3 Å². The number of aromatic nitrogens is 3. The number of sulfonamides is 1. The van der Waals surface area contributed by atoms with Gasteiger partial charge in [0.1, 0.15) is 11.6 Å². The average molecular weight is 284 g/mol. The van der Waals surface area contributed by atoms with Gasteiger partial charge in [-0.3, -0.25) is 0 Å². The SMILES string of the molecule is CCCS(=O)(=O)N1CCc2nnc(C3CC3)n2CC1. The Balaban J connectivity index is 1.78. The van der Waals surface area contributed by atoms with E-state index in [9.17, 15) is 8.42 Å². The van der Waals surface area contributed by atoms with E-state index in [4.69, 9.17) is 0 Å². The third kappa shape index (κ3) is 2.53. The Labute approximate surface area is 113 Å². The van der Waals surface area contributed by atoms with Crippen molar-refractivity contribution in [1.82, 2.24) is 19.1 Å². The monoisotopic (exact) mass is 284 g/mol. The largest absolute Gasteiger partial charge is 0.313 e. The molecular weight excluding hydrogens is 264 g/mol. The van der Waals surface area contributed by atoms with Crippen LogP contribution in [0.3, 0.4) is 0 Å². The second-order valence-corrected chi connectivity index (χ2v) is 7.45. The third-order valence-corrected chi connectivity index (χ3v) is 5.89. The van der Waals surface area contributed by atoms with Crippen molar-refractivity contribution in [3.05, 3.63) is 11.6 Å². The smallest absolute Gasteiger partial charge is 0.214 e. The van der Waals surface area contributed by atoms with Gasteiger partial charge in [0.05, 0.1) is 5.75 Å². The maximum Gasteiger partial charge on any atom is 0.214 e. The molecule has 0 N–H and O–H groups in total. The second kappa shape index (κ2) is 4.86. The topological polar surface area (TPSA) is 68.1 Å². The van der Waals surface area contributed by atoms with Gasteiger partial charge in [0.25, 0.3) is 0 Å². The van der Waals surface area contributed by atoms with Gasteiger partial charge >= 0.3 is 0 Å². The van der Waals surface area contributed by atoms with Crippen LogP contribution in [0.15, 0.2) is 0 Å². The molecule has 1 aromatic heterocycles. The van der Waals surface area contributed by atoms with E-state index in [0.29, 0.717) is 38.4 Å². The van der Waals surface area contributed by atoms with Crippen LogP contribution in [0.2, 0.25) is 0 Å². The molecule has 0 amide bonds. The van der Waals surface area contributed by atoms with E-state index in [0.717, 1.165) is 11.6 Å². The molecule has 106 valence electrons. The van der Waals surface area contributed by atoms with Crippen LogP contribution in [0.1, 0.15) is 43.8 Å². The number of fused-ring (bicyclic) bond motifs is 1. The second-order valence-electron chi connectivity index (χ2n) is 5.37. The first-order valence-corrected chi connectivity index (χ1v) is 8.62. The molecule has 1 fully saturated rings. The molecular formula is C12H20N4O2S. The van der Waals surface area contributed by atoms with Crippen molar-refractivity contribution in [2.75, 3.05) is 18.8 Å². The van der Waals surface area contributed by atoms with Crippen molar-refractivity contribution in [1.29, 1.82) is 0 Å². The minimum atomic E-state index is -3.10. The van der Waals surface area contributed by atoms with E-state index in [1.807, 2.05) is 6.92 Å². The van der Waals surface area contributed by atoms with Gasteiger partial charge in [-0.25, -0.2) is 8.42 Å². The highest BCUT2D eigenvalue weighted by molar-refractivity contribution is 7.89. The molecule has 2 aliphatic rings. The Kier molecular flexibility index (Phi) is 3.34. The van der Waals surface area contributed by atoms with Gasteiger partial charge in [0.15, 0.2) is 0 Å². The lowest BCUT2D eigenvalue weighted by molar-refractivity contribution is 0.412. The van der Waals surface area contributed by atoms with Crippen LogP contribution in [-0.4, -0.2) is 46.3 Å². The Bertz CT molecular complexity index is 562.